The number of rotatable bonds is 8. The normalized spacial score (nSPS) is 10.6. The third-order valence-corrected chi connectivity index (χ3v) is 6.17. The highest BCUT2D eigenvalue weighted by atomic mass is 32.1. The first-order valence-electron chi connectivity index (χ1n) is 11.5. The molecule has 0 saturated heterocycles. The van der Waals surface area contributed by atoms with Gasteiger partial charge in [0, 0.05) is 24.0 Å². The molecular weight excluding hydrogens is 507 g/mol. The van der Waals surface area contributed by atoms with Crippen LogP contribution in [0.3, 0.4) is 0 Å². The van der Waals surface area contributed by atoms with Crippen molar-refractivity contribution in [2.24, 2.45) is 0 Å². The lowest BCUT2D eigenvalue weighted by atomic mass is 10.2. The maximum atomic E-state index is 14.9. The fraction of sp³-hybridized carbons (Fsp3) is 0.179. The number of fused-ring (bicyclic) bond motifs is 1. The lowest BCUT2D eigenvalue weighted by Gasteiger charge is -2.11. The Kier molecular flexibility index (Phi) is 8.53. The molecule has 38 heavy (non-hydrogen) atoms. The Labute approximate surface area is 223 Å². The van der Waals surface area contributed by atoms with Crippen LogP contribution in [0.15, 0.2) is 60.8 Å². The maximum Gasteiger partial charge on any atom is 0.233 e. The number of anilines is 2. The molecule has 4 rings (SSSR count). The molecule has 2 amide bonds. The van der Waals surface area contributed by atoms with Gasteiger partial charge in [0.2, 0.25) is 11.8 Å². The Balaban J connectivity index is 1.40. The average Bonchev–Trinajstić information content (AvgIpc) is 3.29. The van der Waals surface area contributed by atoms with Gasteiger partial charge in [0.25, 0.3) is 0 Å². The summed E-state index contributed by atoms with van der Waals surface area (Å²) in [7, 11) is 5.37. The van der Waals surface area contributed by atoms with Crippen molar-refractivity contribution < 1.29 is 23.5 Å². The zero-order valence-electron chi connectivity index (χ0n) is 21.0. The fourth-order valence-electron chi connectivity index (χ4n) is 3.41. The van der Waals surface area contributed by atoms with E-state index >= 15 is 0 Å². The Hall–Kier alpha value is -4.46. The van der Waals surface area contributed by atoms with Crippen molar-refractivity contribution in [3.63, 3.8) is 0 Å². The summed E-state index contributed by atoms with van der Waals surface area (Å²) >= 11 is 1.42. The summed E-state index contributed by atoms with van der Waals surface area (Å²) < 4.78 is 26.6. The molecule has 0 fully saturated rings. The molecule has 0 spiro atoms. The predicted octanol–water partition coefficient (Wildman–Crippen LogP) is 5.12. The average molecular weight is 533 g/mol. The summed E-state index contributed by atoms with van der Waals surface area (Å²) in [5, 5.41) is 5.15. The molecule has 2 aromatic heterocycles. The van der Waals surface area contributed by atoms with E-state index in [4.69, 9.17) is 9.47 Å². The first-order chi connectivity index (χ1) is 18.3. The van der Waals surface area contributed by atoms with Crippen molar-refractivity contribution in [3.8, 4) is 29.1 Å². The molecule has 0 aliphatic heterocycles. The smallest absolute Gasteiger partial charge is 0.233 e. The van der Waals surface area contributed by atoms with Gasteiger partial charge in [-0.25, -0.2) is 4.39 Å². The number of carbonyl (C=O) groups is 2. The summed E-state index contributed by atoms with van der Waals surface area (Å²) in [5.74, 6) is 5.30. The third-order valence-electron chi connectivity index (χ3n) is 5.12. The zero-order chi connectivity index (χ0) is 27.1. The largest absolute Gasteiger partial charge is 0.495 e. The van der Waals surface area contributed by atoms with Crippen LogP contribution in [-0.4, -0.2) is 49.4 Å². The van der Waals surface area contributed by atoms with Crippen molar-refractivity contribution in [2.75, 3.05) is 38.4 Å². The highest BCUT2D eigenvalue weighted by Crippen LogP contribution is 2.36. The second kappa shape index (κ2) is 12.2. The molecule has 2 aromatic carbocycles. The molecule has 0 aliphatic rings. The number of thiophene rings is 1. The number of nitrogens with one attached hydrogen (secondary N) is 2. The predicted molar refractivity (Wildman–Crippen MR) is 146 cm³/mol. The van der Waals surface area contributed by atoms with Gasteiger partial charge in [0.15, 0.2) is 11.6 Å². The Morgan fingerprint density at radius 3 is 2.58 bits per heavy atom. The van der Waals surface area contributed by atoms with E-state index in [0.29, 0.717) is 29.2 Å². The van der Waals surface area contributed by atoms with Crippen LogP contribution in [0.25, 0.3) is 10.2 Å². The lowest BCUT2D eigenvalue weighted by molar-refractivity contribution is -0.123. The Morgan fingerprint density at radius 2 is 1.82 bits per heavy atom. The van der Waals surface area contributed by atoms with Crippen molar-refractivity contribution in [1.82, 2.24) is 9.88 Å². The molecule has 10 heteroatoms. The van der Waals surface area contributed by atoms with Crippen LogP contribution >= 0.6 is 11.3 Å². The van der Waals surface area contributed by atoms with E-state index in [0.717, 1.165) is 15.6 Å². The number of ether oxygens (including phenoxy) is 2. The molecular formula is C28H25FN4O4S. The minimum Gasteiger partial charge on any atom is -0.495 e. The molecule has 0 atom stereocenters. The van der Waals surface area contributed by atoms with Crippen LogP contribution in [0, 0.1) is 17.7 Å². The van der Waals surface area contributed by atoms with Gasteiger partial charge in [0.05, 0.1) is 34.4 Å². The zero-order valence-corrected chi connectivity index (χ0v) is 21.8. The lowest BCUT2D eigenvalue weighted by Crippen LogP contribution is -2.21. The SMILES string of the molecule is COc1ccccc1NC(=O)CC(=O)Nc1ccc(Oc2ccnc3cc(C#CCN(C)C)sc23)c(F)c1. The summed E-state index contributed by atoms with van der Waals surface area (Å²) in [6.45, 7) is 0.631. The van der Waals surface area contributed by atoms with E-state index in [2.05, 4.69) is 27.5 Å². The van der Waals surface area contributed by atoms with Gasteiger partial charge < -0.3 is 20.1 Å². The quantitative estimate of drug-likeness (QED) is 0.242. The number of pyridine rings is 1. The molecule has 2 heterocycles. The number of nitrogens with zero attached hydrogens (tertiary/aromatic N) is 2. The summed E-state index contributed by atoms with van der Waals surface area (Å²) in [5.41, 5.74) is 1.35. The Bertz CT molecular complexity index is 1540. The van der Waals surface area contributed by atoms with Gasteiger partial charge in [-0.3, -0.25) is 19.5 Å². The molecule has 0 bridgehead atoms. The van der Waals surface area contributed by atoms with Gasteiger partial charge in [-0.15, -0.1) is 11.3 Å². The number of hydrogen-bond donors (Lipinski definition) is 2. The molecule has 0 radical (unpaired) electrons. The van der Waals surface area contributed by atoms with Crippen LogP contribution in [0.5, 0.6) is 17.2 Å². The highest BCUT2D eigenvalue weighted by molar-refractivity contribution is 7.19. The number of carbonyl (C=O) groups excluding carboxylic acids is 2. The van der Waals surface area contributed by atoms with Gasteiger partial charge in [-0.05, 0) is 44.4 Å². The summed E-state index contributed by atoms with van der Waals surface area (Å²) in [4.78, 5) is 31.8. The van der Waals surface area contributed by atoms with Gasteiger partial charge in [0.1, 0.15) is 17.9 Å². The number of hydrogen-bond acceptors (Lipinski definition) is 7. The molecule has 194 valence electrons. The summed E-state index contributed by atoms with van der Waals surface area (Å²) in [6, 6.07) is 14.4. The number of methoxy groups -OCH3 is 1. The van der Waals surface area contributed by atoms with Crippen LogP contribution in [-0.2, 0) is 9.59 Å². The van der Waals surface area contributed by atoms with E-state index in [-0.39, 0.29) is 11.4 Å². The first-order valence-corrected chi connectivity index (χ1v) is 12.4. The van der Waals surface area contributed by atoms with Crippen molar-refractivity contribution >= 4 is 44.7 Å². The molecule has 4 aromatic rings. The minimum atomic E-state index is -0.672. The van der Waals surface area contributed by atoms with E-state index in [1.54, 1.807) is 36.5 Å². The highest BCUT2D eigenvalue weighted by Gasteiger charge is 2.15. The van der Waals surface area contributed by atoms with Crippen molar-refractivity contribution in [3.05, 3.63) is 71.5 Å². The number of para-hydroxylation sites is 2. The van der Waals surface area contributed by atoms with Gasteiger partial charge in [-0.2, -0.15) is 0 Å². The van der Waals surface area contributed by atoms with E-state index in [1.807, 2.05) is 25.1 Å². The van der Waals surface area contributed by atoms with E-state index in [9.17, 15) is 14.0 Å². The molecule has 0 aliphatic carbocycles. The third kappa shape index (κ3) is 6.85. The maximum absolute atomic E-state index is 14.9. The van der Waals surface area contributed by atoms with Gasteiger partial charge >= 0.3 is 0 Å². The Morgan fingerprint density at radius 1 is 1.03 bits per heavy atom. The fourth-order valence-corrected chi connectivity index (χ4v) is 4.35. The number of halogens is 1. The standard InChI is InChI=1S/C28H25FN4O4S/c1-33(2)14-6-7-19-16-22-28(38-19)25(12-13-30-22)37-23-11-10-18(15-20(23)29)31-26(34)17-27(35)32-21-8-4-5-9-24(21)36-3/h4-5,8-13,15-16H,14,17H2,1-3H3,(H,31,34)(H,32,35). The topological polar surface area (TPSA) is 92.8 Å². The van der Waals surface area contributed by atoms with Crippen LogP contribution in [0.4, 0.5) is 15.8 Å². The van der Waals surface area contributed by atoms with Crippen molar-refractivity contribution in [1.29, 1.82) is 0 Å². The number of aromatic nitrogens is 1. The minimum absolute atomic E-state index is 0.0157. The van der Waals surface area contributed by atoms with E-state index in [1.165, 1.54) is 30.6 Å². The molecule has 0 unspecified atom stereocenters. The van der Waals surface area contributed by atoms with Crippen LogP contribution in [0.1, 0.15) is 11.3 Å². The summed E-state index contributed by atoms with van der Waals surface area (Å²) in [6.07, 6.45) is 1.13. The van der Waals surface area contributed by atoms with Crippen LogP contribution in [0.2, 0.25) is 0 Å². The number of benzene rings is 2. The van der Waals surface area contributed by atoms with E-state index < -0.39 is 24.1 Å². The molecule has 0 saturated carbocycles. The molecule has 8 nitrogen and oxygen atoms in total. The van der Waals surface area contributed by atoms with Crippen molar-refractivity contribution in [2.45, 2.75) is 6.42 Å². The monoisotopic (exact) mass is 532 g/mol. The second-order valence-electron chi connectivity index (χ2n) is 8.39. The van der Waals surface area contributed by atoms with Crippen LogP contribution < -0.4 is 20.1 Å². The van der Waals surface area contributed by atoms with Gasteiger partial charge in [-0.1, -0.05) is 24.0 Å². The number of amides is 2. The second-order valence-corrected chi connectivity index (χ2v) is 9.45. The first kappa shape index (κ1) is 26.6. The molecule has 2 N–H and O–H groups in total.